The van der Waals surface area contributed by atoms with E-state index in [9.17, 15) is 4.79 Å². The van der Waals surface area contributed by atoms with Gasteiger partial charge in [-0.1, -0.05) is 40.2 Å². The van der Waals surface area contributed by atoms with E-state index >= 15 is 0 Å². The number of carbonyl (C=O) groups excluding carboxylic acids is 1. The summed E-state index contributed by atoms with van der Waals surface area (Å²) in [6, 6.07) is 13.6. The van der Waals surface area contributed by atoms with Gasteiger partial charge in [-0.05, 0) is 23.6 Å². The van der Waals surface area contributed by atoms with Crippen molar-refractivity contribution in [2.24, 2.45) is 0 Å². The number of nitrogens with zero attached hydrogens (tertiary/aromatic N) is 5. The first kappa shape index (κ1) is 18.3. The van der Waals surface area contributed by atoms with Gasteiger partial charge in [0.1, 0.15) is 6.04 Å². The third kappa shape index (κ3) is 2.94. The van der Waals surface area contributed by atoms with E-state index < -0.39 is 0 Å². The van der Waals surface area contributed by atoms with Gasteiger partial charge in [0.2, 0.25) is 0 Å². The molecule has 0 saturated heterocycles. The van der Waals surface area contributed by atoms with Gasteiger partial charge >= 0.3 is 0 Å². The molecule has 1 N–H and O–H groups in total. The maximum Gasteiger partial charge on any atom is 0.258 e. The second-order valence-corrected chi connectivity index (χ2v) is 8.52. The van der Waals surface area contributed by atoms with Crippen molar-refractivity contribution in [3.8, 4) is 0 Å². The summed E-state index contributed by atoms with van der Waals surface area (Å²) in [7, 11) is 0. The number of H-pyrrole nitrogens is 1. The van der Waals surface area contributed by atoms with Crippen LogP contribution in [0.4, 0.5) is 0 Å². The number of hydrogen-bond donors (Lipinski definition) is 1. The Hall–Kier alpha value is -3.52. The zero-order chi connectivity index (χ0) is 20.9. The molecule has 152 valence electrons. The normalized spacial score (nSPS) is 16.0. The van der Waals surface area contributed by atoms with Crippen molar-refractivity contribution in [3.05, 3.63) is 94.5 Å². The van der Waals surface area contributed by atoms with Crippen LogP contribution in [0.5, 0.6) is 0 Å². The zero-order valence-corrected chi connectivity index (χ0v) is 18.0. The number of benzene rings is 1. The Balaban J connectivity index is 1.49. The van der Waals surface area contributed by atoms with E-state index in [4.69, 9.17) is 4.98 Å². The lowest BCUT2D eigenvalue weighted by Gasteiger charge is -2.34. The fraction of sp³-hybridized carbons (Fsp3) is 0.130. The molecule has 0 radical (unpaired) electrons. The smallest absolute Gasteiger partial charge is 0.258 e. The molecule has 1 atom stereocenters. The molecule has 1 amide bonds. The fourth-order valence-electron chi connectivity index (χ4n) is 4.32. The van der Waals surface area contributed by atoms with Crippen molar-refractivity contribution in [2.45, 2.75) is 12.5 Å². The quantitative estimate of drug-likeness (QED) is 0.418. The number of hydrogen-bond acceptors (Lipinski definition) is 4. The number of amides is 1. The molecule has 0 unspecified atom stereocenters. The van der Waals surface area contributed by atoms with Gasteiger partial charge in [0.25, 0.3) is 5.91 Å². The number of carbonyl (C=O) groups is 1. The second-order valence-electron chi connectivity index (χ2n) is 7.61. The first-order chi connectivity index (χ1) is 15.2. The van der Waals surface area contributed by atoms with Crippen molar-refractivity contribution in [2.75, 3.05) is 6.54 Å². The highest BCUT2D eigenvalue weighted by Gasteiger charge is 2.36. The molecule has 0 fully saturated rings. The van der Waals surface area contributed by atoms with Gasteiger partial charge < -0.3 is 9.88 Å². The first-order valence-corrected chi connectivity index (χ1v) is 10.8. The topological polar surface area (TPSA) is 79.2 Å². The van der Waals surface area contributed by atoms with Crippen LogP contribution in [0.15, 0.2) is 71.9 Å². The number of rotatable bonds is 2. The van der Waals surface area contributed by atoms with Crippen LogP contribution < -0.4 is 0 Å². The van der Waals surface area contributed by atoms with Crippen LogP contribution in [-0.2, 0) is 6.42 Å². The molecular formula is C23H17BrN6O. The Kier molecular flexibility index (Phi) is 4.14. The lowest BCUT2D eigenvalue weighted by molar-refractivity contribution is 0.0689. The van der Waals surface area contributed by atoms with E-state index in [-0.39, 0.29) is 11.9 Å². The van der Waals surface area contributed by atoms with Crippen LogP contribution in [0, 0.1) is 0 Å². The van der Waals surface area contributed by atoms with E-state index in [1.807, 2.05) is 47.6 Å². The SMILES string of the molecule is O=C(c1cnn2ccc(Br)cc12)N1CCc2[nH]cnc2[C@H]1c1cc2ccccc2cn1. The molecule has 0 bridgehead atoms. The predicted molar refractivity (Wildman–Crippen MR) is 120 cm³/mol. The first-order valence-electron chi connectivity index (χ1n) is 10.00. The van der Waals surface area contributed by atoms with Crippen molar-refractivity contribution in [1.82, 2.24) is 29.5 Å². The summed E-state index contributed by atoms with van der Waals surface area (Å²) < 4.78 is 2.61. The third-order valence-corrected chi connectivity index (χ3v) is 6.33. The van der Waals surface area contributed by atoms with Crippen LogP contribution in [-0.4, -0.2) is 41.9 Å². The summed E-state index contributed by atoms with van der Waals surface area (Å²) >= 11 is 3.49. The van der Waals surface area contributed by atoms with Crippen molar-refractivity contribution in [3.63, 3.8) is 0 Å². The van der Waals surface area contributed by atoms with Crippen LogP contribution in [0.3, 0.4) is 0 Å². The van der Waals surface area contributed by atoms with Crippen LogP contribution in [0.1, 0.15) is 33.5 Å². The molecule has 1 aromatic carbocycles. The summed E-state index contributed by atoms with van der Waals surface area (Å²) in [6.45, 7) is 0.568. The summed E-state index contributed by atoms with van der Waals surface area (Å²) in [5, 5.41) is 6.51. The molecule has 5 aromatic rings. The minimum absolute atomic E-state index is 0.0818. The van der Waals surface area contributed by atoms with Gasteiger partial charge in [0.05, 0.1) is 35.0 Å². The van der Waals surface area contributed by atoms with Gasteiger partial charge in [0.15, 0.2) is 0 Å². The fourth-order valence-corrected chi connectivity index (χ4v) is 4.65. The molecule has 0 saturated carbocycles. The number of fused-ring (bicyclic) bond motifs is 3. The van der Waals surface area contributed by atoms with Crippen molar-refractivity contribution in [1.29, 1.82) is 0 Å². The largest absolute Gasteiger partial charge is 0.348 e. The van der Waals surface area contributed by atoms with E-state index in [0.29, 0.717) is 18.5 Å². The van der Waals surface area contributed by atoms with Crippen LogP contribution in [0.2, 0.25) is 0 Å². The maximum absolute atomic E-state index is 13.8. The molecule has 1 aliphatic rings. The van der Waals surface area contributed by atoms with Gasteiger partial charge in [-0.25, -0.2) is 9.50 Å². The van der Waals surface area contributed by atoms with E-state index in [1.165, 1.54) is 0 Å². The Morgan fingerprint density at radius 2 is 1.97 bits per heavy atom. The van der Waals surface area contributed by atoms with Gasteiger partial charge in [0, 0.05) is 40.9 Å². The highest BCUT2D eigenvalue weighted by atomic mass is 79.9. The molecule has 5 heterocycles. The molecule has 8 heteroatoms. The van der Waals surface area contributed by atoms with Gasteiger partial charge in [-0.2, -0.15) is 5.10 Å². The minimum Gasteiger partial charge on any atom is -0.348 e. The minimum atomic E-state index is -0.366. The Labute approximate surface area is 185 Å². The highest BCUT2D eigenvalue weighted by molar-refractivity contribution is 9.10. The van der Waals surface area contributed by atoms with Gasteiger partial charge in [-0.15, -0.1) is 0 Å². The average Bonchev–Trinajstić information content (AvgIpc) is 3.44. The molecule has 7 nitrogen and oxygen atoms in total. The van der Waals surface area contributed by atoms with E-state index in [2.05, 4.69) is 43.1 Å². The van der Waals surface area contributed by atoms with Crippen LogP contribution >= 0.6 is 15.9 Å². The summed E-state index contributed by atoms with van der Waals surface area (Å²) in [6.07, 6.45) is 7.74. The Morgan fingerprint density at radius 1 is 1.10 bits per heavy atom. The molecule has 6 rings (SSSR count). The maximum atomic E-state index is 13.8. The molecule has 0 aliphatic carbocycles. The molecule has 0 spiro atoms. The molecule has 1 aliphatic heterocycles. The number of aromatic amines is 1. The van der Waals surface area contributed by atoms with E-state index in [0.717, 1.165) is 37.8 Å². The van der Waals surface area contributed by atoms with Crippen molar-refractivity contribution < 1.29 is 4.79 Å². The van der Waals surface area contributed by atoms with Crippen molar-refractivity contribution >= 4 is 38.1 Å². The number of nitrogens with one attached hydrogen (secondary N) is 1. The standard InChI is InChI=1S/C23H17BrN6O/c24-16-5-8-30-20(10-16)17(12-28-30)23(31)29-7-6-18-21(27-13-26-18)22(29)19-9-14-3-1-2-4-15(14)11-25-19/h1-5,8-13,22H,6-7H2,(H,26,27)/t22-/m1/s1. The second kappa shape index (κ2) is 7.02. The summed E-state index contributed by atoms with van der Waals surface area (Å²) in [5.41, 5.74) is 4.02. The summed E-state index contributed by atoms with van der Waals surface area (Å²) in [5.74, 6) is -0.0818. The molecule has 31 heavy (non-hydrogen) atoms. The lowest BCUT2D eigenvalue weighted by Crippen LogP contribution is -2.41. The monoisotopic (exact) mass is 472 g/mol. The molecule has 4 aromatic heterocycles. The number of pyridine rings is 2. The van der Waals surface area contributed by atoms with Gasteiger partial charge in [-0.3, -0.25) is 9.78 Å². The van der Waals surface area contributed by atoms with Crippen LogP contribution in [0.25, 0.3) is 16.3 Å². The number of aromatic nitrogens is 5. The average molecular weight is 473 g/mol. The number of imidazole rings is 1. The molecular weight excluding hydrogens is 456 g/mol. The van der Waals surface area contributed by atoms with E-state index in [1.54, 1.807) is 17.0 Å². The summed E-state index contributed by atoms with van der Waals surface area (Å²) in [4.78, 5) is 28.1. The number of halogens is 1. The lowest BCUT2D eigenvalue weighted by atomic mass is 9.97. The highest BCUT2D eigenvalue weighted by Crippen LogP contribution is 2.35. The zero-order valence-electron chi connectivity index (χ0n) is 16.4. The predicted octanol–water partition coefficient (Wildman–Crippen LogP) is 4.16. The Morgan fingerprint density at radius 3 is 2.87 bits per heavy atom. The Bertz CT molecular complexity index is 1460. The third-order valence-electron chi connectivity index (χ3n) is 5.83.